The van der Waals surface area contributed by atoms with Crippen LogP contribution in [0.15, 0.2) is 30.5 Å². The number of methoxy groups -OCH3 is 1. The van der Waals surface area contributed by atoms with Crippen LogP contribution in [0, 0.1) is 0 Å². The summed E-state index contributed by atoms with van der Waals surface area (Å²) in [5.74, 6) is 0.821. The quantitative estimate of drug-likeness (QED) is 0.865. The maximum absolute atomic E-state index is 13.2. The molecule has 6 heteroatoms. The fourth-order valence-corrected chi connectivity index (χ4v) is 3.57. The second-order valence-electron chi connectivity index (χ2n) is 6.19. The minimum Gasteiger partial charge on any atom is -0.496 e. The smallest absolute Gasteiger partial charge is 0.274 e. The van der Waals surface area contributed by atoms with E-state index in [1.807, 2.05) is 30.0 Å². The summed E-state index contributed by atoms with van der Waals surface area (Å²) < 4.78 is 7.19. The van der Waals surface area contributed by atoms with Gasteiger partial charge in [0.05, 0.1) is 19.3 Å². The monoisotopic (exact) mass is 328 g/mol. The normalized spacial score (nSPS) is 20.9. The Labute approximate surface area is 142 Å². The molecule has 128 valence electrons. The van der Waals surface area contributed by atoms with Gasteiger partial charge in [0.15, 0.2) is 0 Å². The molecule has 1 fully saturated rings. The molecule has 24 heavy (non-hydrogen) atoms. The molecule has 1 aromatic heterocycles. The van der Waals surface area contributed by atoms with Crippen LogP contribution in [0.3, 0.4) is 0 Å². The molecule has 1 amide bonds. The molecular formula is C18H24N4O2. The van der Waals surface area contributed by atoms with E-state index in [0.29, 0.717) is 12.2 Å². The third-order valence-corrected chi connectivity index (χ3v) is 4.78. The van der Waals surface area contributed by atoms with E-state index >= 15 is 0 Å². The lowest BCUT2D eigenvalue weighted by molar-refractivity contribution is 0.0460. The van der Waals surface area contributed by atoms with Gasteiger partial charge in [0.25, 0.3) is 5.91 Å². The van der Waals surface area contributed by atoms with Gasteiger partial charge < -0.3 is 9.64 Å². The first kappa shape index (κ1) is 16.5. The van der Waals surface area contributed by atoms with E-state index in [9.17, 15) is 4.79 Å². The number of benzene rings is 1. The molecule has 0 saturated carbocycles. The molecular weight excluding hydrogens is 304 g/mol. The van der Waals surface area contributed by atoms with Crippen molar-refractivity contribution in [3.05, 3.63) is 41.7 Å². The number of ether oxygens (including phenoxy) is 1. The standard InChI is InChI=1S/C18H24N4O2/c1-4-21-16(12-19-20-21)18(23)22-13(2)8-7-10-15(22)14-9-5-6-11-17(14)24-3/h5-6,9,11-13,15H,4,7-8,10H2,1-3H3/t13-,15-/m1/s1. The van der Waals surface area contributed by atoms with Crippen LogP contribution >= 0.6 is 0 Å². The molecule has 2 heterocycles. The summed E-state index contributed by atoms with van der Waals surface area (Å²) >= 11 is 0. The molecule has 0 unspecified atom stereocenters. The zero-order valence-electron chi connectivity index (χ0n) is 14.5. The van der Waals surface area contributed by atoms with Gasteiger partial charge in [-0.2, -0.15) is 0 Å². The van der Waals surface area contributed by atoms with Crippen molar-refractivity contribution >= 4 is 5.91 Å². The van der Waals surface area contributed by atoms with Crippen molar-refractivity contribution in [1.82, 2.24) is 19.9 Å². The first-order valence-electron chi connectivity index (χ1n) is 8.51. The Morgan fingerprint density at radius 3 is 2.88 bits per heavy atom. The number of amides is 1. The number of carbonyl (C=O) groups excluding carboxylic acids is 1. The van der Waals surface area contributed by atoms with Crippen molar-refractivity contribution in [3.63, 3.8) is 0 Å². The fourth-order valence-electron chi connectivity index (χ4n) is 3.57. The molecule has 0 N–H and O–H groups in total. The fraction of sp³-hybridized carbons (Fsp3) is 0.500. The summed E-state index contributed by atoms with van der Waals surface area (Å²) in [6, 6.07) is 8.14. The van der Waals surface area contributed by atoms with E-state index in [4.69, 9.17) is 4.74 Å². The van der Waals surface area contributed by atoms with E-state index in [1.54, 1.807) is 18.0 Å². The lowest BCUT2D eigenvalue weighted by Gasteiger charge is -2.41. The second kappa shape index (κ2) is 7.03. The number of rotatable bonds is 4. The van der Waals surface area contributed by atoms with Gasteiger partial charge in [-0.3, -0.25) is 4.79 Å². The van der Waals surface area contributed by atoms with Gasteiger partial charge >= 0.3 is 0 Å². The number of para-hydroxylation sites is 1. The second-order valence-corrected chi connectivity index (χ2v) is 6.19. The number of carbonyl (C=O) groups is 1. The van der Waals surface area contributed by atoms with Gasteiger partial charge in [-0.15, -0.1) is 5.10 Å². The van der Waals surface area contributed by atoms with Crippen LogP contribution in [0.2, 0.25) is 0 Å². The zero-order chi connectivity index (χ0) is 17.1. The van der Waals surface area contributed by atoms with E-state index in [0.717, 1.165) is 30.6 Å². The van der Waals surface area contributed by atoms with Gasteiger partial charge in [-0.05, 0) is 39.2 Å². The summed E-state index contributed by atoms with van der Waals surface area (Å²) in [6.45, 7) is 4.70. The first-order chi connectivity index (χ1) is 11.7. The minimum atomic E-state index is -0.00930. The Hall–Kier alpha value is -2.37. The molecule has 1 aliphatic rings. The van der Waals surface area contributed by atoms with Crippen molar-refractivity contribution < 1.29 is 9.53 Å². The van der Waals surface area contributed by atoms with Crippen LogP contribution in [0.4, 0.5) is 0 Å². The Morgan fingerprint density at radius 1 is 1.33 bits per heavy atom. The van der Waals surface area contributed by atoms with Gasteiger partial charge in [0, 0.05) is 18.2 Å². The van der Waals surface area contributed by atoms with Gasteiger partial charge in [-0.25, -0.2) is 4.68 Å². The lowest BCUT2D eigenvalue weighted by atomic mass is 9.90. The molecule has 3 rings (SSSR count). The molecule has 1 aromatic carbocycles. The Kier molecular flexibility index (Phi) is 4.83. The van der Waals surface area contributed by atoms with E-state index < -0.39 is 0 Å². The van der Waals surface area contributed by atoms with E-state index in [1.165, 1.54) is 0 Å². The molecule has 0 bridgehead atoms. The van der Waals surface area contributed by atoms with Gasteiger partial charge in [0.1, 0.15) is 11.4 Å². The number of aryl methyl sites for hydroxylation is 1. The Balaban J connectivity index is 2.00. The van der Waals surface area contributed by atoms with Crippen molar-refractivity contribution in [3.8, 4) is 5.75 Å². The van der Waals surface area contributed by atoms with Crippen molar-refractivity contribution in [1.29, 1.82) is 0 Å². The van der Waals surface area contributed by atoms with Crippen LogP contribution in [-0.2, 0) is 6.54 Å². The molecule has 0 aliphatic carbocycles. The molecule has 2 atom stereocenters. The largest absolute Gasteiger partial charge is 0.496 e. The molecule has 2 aromatic rings. The summed E-state index contributed by atoms with van der Waals surface area (Å²) in [5.41, 5.74) is 1.61. The lowest BCUT2D eigenvalue weighted by Crippen LogP contribution is -2.45. The molecule has 1 saturated heterocycles. The average Bonchev–Trinajstić information content (AvgIpc) is 3.09. The first-order valence-corrected chi connectivity index (χ1v) is 8.51. The van der Waals surface area contributed by atoms with Crippen LogP contribution in [0.5, 0.6) is 5.75 Å². The van der Waals surface area contributed by atoms with E-state index in [-0.39, 0.29) is 18.0 Å². The van der Waals surface area contributed by atoms with Crippen molar-refractivity contribution in [2.45, 2.75) is 51.7 Å². The number of likely N-dealkylation sites (tertiary alicyclic amines) is 1. The highest BCUT2D eigenvalue weighted by atomic mass is 16.5. The number of nitrogens with zero attached hydrogens (tertiary/aromatic N) is 4. The predicted molar refractivity (Wildman–Crippen MR) is 90.9 cm³/mol. The highest BCUT2D eigenvalue weighted by Gasteiger charge is 2.35. The third-order valence-electron chi connectivity index (χ3n) is 4.78. The van der Waals surface area contributed by atoms with Crippen LogP contribution in [0.25, 0.3) is 0 Å². The summed E-state index contributed by atoms with van der Waals surface area (Å²) in [7, 11) is 1.67. The maximum atomic E-state index is 13.2. The average molecular weight is 328 g/mol. The predicted octanol–water partition coefficient (Wildman–Crippen LogP) is 3.06. The van der Waals surface area contributed by atoms with E-state index in [2.05, 4.69) is 23.3 Å². The molecule has 0 spiro atoms. The number of aromatic nitrogens is 3. The Bertz CT molecular complexity index is 713. The van der Waals surface area contributed by atoms with Crippen molar-refractivity contribution in [2.24, 2.45) is 0 Å². The SMILES string of the molecule is CCn1nncc1C(=O)N1[C@H](C)CCC[C@@H]1c1ccccc1OC. The van der Waals surface area contributed by atoms with Gasteiger partial charge in [-0.1, -0.05) is 23.4 Å². The summed E-state index contributed by atoms with van der Waals surface area (Å²) in [4.78, 5) is 15.2. The molecule has 0 radical (unpaired) electrons. The molecule has 6 nitrogen and oxygen atoms in total. The van der Waals surface area contributed by atoms with Gasteiger partial charge in [0.2, 0.25) is 0 Å². The number of hydrogen-bond acceptors (Lipinski definition) is 4. The minimum absolute atomic E-state index is 0.00930. The van der Waals surface area contributed by atoms with Crippen LogP contribution in [-0.4, -0.2) is 39.0 Å². The summed E-state index contributed by atoms with van der Waals surface area (Å²) in [6.07, 6.45) is 4.60. The van der Waals surface area contributed by atoms with Crippen LogP contribution in [0.1, 0.15) is 55.2 Å². The summed E-state index contributed by atoms with van der Waals surface area (Å²) in [5, 5.41) is 7.91. The third kappa shape index (κ3) is 2.88. The topological polar surface area (TPSA) is 60.2 Å². The van der Waals surface area contributed by atoms with Crippen molar-refractivity contribution in [2.75, 3.05) is 7.11 Å². The zero-order valence-corrected chi connectivity index (χ0v) is 14.5. The maximum Gasteiger partial charge on any atom is 0.274 e. The highest BCUT2D eigenvalue weighted by molar-refractivity contribution is 5.93. The Morgan fingerprint density at radius 2 is 2.12 bits per heavy atom. The highest BCUT2D eigenvalue weighted by Crippen LogP contribution is 2.39. The number of piperidine rings is 1. The molecule has 1 aliphatic heterocycles. The van der Waals surface area contributed by atoms with Crippen LogP contribution < -0.4 is 4.74 Å². The number of hydrogen-bond donors (Lipinski definition) is 0.